The average Bonchev–Trinajstić information content (AvgIpc) is 3.03. The van der Waals surface area contributed by atoms with E-state index < -0.39 is 17.6 Å². The molecule has 27 heavy (non-hydrogen) atoms. The number of carbonyl (C=O) groups is 3. The van der Waals surface area contributed by atoms with Gasteiger partial charge in [0.05, 0.1) is 5.69 Å². The molecule has 3 rings (SSSR count). The Hall–Kier alpha value is -3.45. The standard InChI is InChI=1S/C19H15ClN4O3/c1-11(25)16-15(17(21)26)18(22-19(27)12-5-3-2-4-6-12)24(23-16)14-9-7-13(20)8-10-14/h2-10H,1H3,(H2,21,26)(H,22,27). The Morgan fingerprint density at radius 3 is 2.22 bits per heavy atom. The van der Waals surface area contributed by atoms with Gasteiger partial charge in [-0.15, -0.1) is 0 Å². The highest BCUT2D eigenvalue weighted by molar-refractivity contribution is 6.30. The number of carbonyl (C=O) groups excluding carboxylic acids is 3. The maximum atomic E-state index is 12.6. The van der Waals surface area contributed by atoms with Crippen molar-refractivity contribution in [3.05, 3.63) is 76.4 Å². The number of rotatable bonds is 5. The van der Waals surface area contributed by atoms with Crippen molar-refractivity contribution in [3.8, 4) is 5.69 Å². The van der Waals surface area contributed by atoms with Crippen LogP contribution in [0.4, 0.5) is 5.82 Å². The van der Waals surface area contributed by atoms with Gasteiger partial charge in [-0.1, -0.05) is 29.8 Å². The van der Waals surface area contributed by atoms with Crippen molar-refractivity contribution in [2.45, 2.75) is 6.92 Å². The first kappa shape index (κ1) is 18.3. The highest BCUT2D eigenvalue weighted by Gasteiger charge is 2.27. The Kier molecular flexibility index (Phi) is 5.05. The predicted octanol–water partition coefficient (Wildman–Crippen LogP) is 3.08. The second kappa shape index (κ2) is 7.43. The molecule has 1 heterocycles. The third-order valence-corrected chi connectivity index (χ3v) is 4.06. The van der Waals surface area contributed by atoms with Gasteiger partial charge < -0.3 is 11.1 Å². The molecule has 0 aliphatic rings. The summed E-state index contributed by atoms with van der Waals surface area (Å²) in [6.45, 7) is 1.27. The first-order valence-corrected chi connectivity index (χ1v) is 8.32. The van der Waals surface area contributed by atoms with E-state index in [1.165, 1.54) is 11.6 Å². The van der Waals surface area contributed by atoms with Gasteiger partial charge in [0.2, 0.25) is 0 Å². The van der Waals surface area contributed by atoms with E-state index in [9.17, 15) is 14.4 Å². The monoisotopic (exact) mass is 382 g/mol. The van der Waals surface area contributed by atoms with Crippen molar-refractivity contribution >= 4 is 35.0 Å². The van der Waals surface area contributed by atoms with Gasteiger partial charge in [0.1, 0.15) is 17.1 Å². The number of benzene rings is 2. The molecular weight excluding hydrogens is 368 g/mol. The summed E-state index contributed by atoms with van der Waals surface area (Å²) in [5.74, 6) is -1.78. The summed E-state index contributed by atoms with van der Waals surface area (Å²) in [5, 5.41) is 7.33. The van der Waals surface area contributed by atoms with Crippen LogP contribution in [-0.4, -0.2) is 27.4 Å². The van der Waals surface area contributed by atoms with Crippen molar-refractivity contribution in [3.63, 3.8) is 0 Å². The largest absolute Gasteiger partial charge is 0.365 e. The molecule has 0 unspecified atom stereocenters. The molecule has 7 nitrogen and oxygen atoms in total. The van der Waals surface area contributed by atoms with Crippen molar-refractivity contribution in [1.29, 1.82) is 0 Å². The number of amides is 2. The molecule has 0 aliphatic carbocycles. The van der Waals surface area contributed by atoms with E-state index in [1.54, 1.807) is 54.6 Å². The number of nitrogens with zero attached hydrogens (tertiary/aromatic N) is 2. The minimum Gasteiger partial charge on any atom is -0.365 e. The second-order valence-electron chi connectivity index (χ2n) is 5.70. The Morgan fingerprint density at radius 2 is 1.67 bits per heavy atom. The van der Waals surface area contributed by atoms with E-state index in [0.717, 1.165) is 0 Å². The SMILES string of the molecule is CC(=O)c1nn(-c2ccc(Cl)cc2)c(NC(=O)c2ccccc2)c1C(N)=O. The summed E-state index contributed by atoms with van der Waals surface area (Å²) in [5.41, 5.74) is 6.06. The highest BCUT2D eigenvalue weighted by Crippen LogP contribution is 2.26. The molecule has 0 fully saturated rings. The molecule has 0 saturated carbocycles. The summed E-state index contributed by atoms with van der Waals surface area (Å²) >= 11 is 5.91. The summed E-state index contributed by atoms with van der Waals surface area (Å²) in [6.07, 6.45) is 0. The fraction of sp³-hybridized carbons (Fsp3) is 0.0526. The Bertz CT molecular complexity index is 1030. The van der Waals surface area contributed by atoms with Crippen LogP contribution in [0.25, 0.3) is 5.69 Å². The van der Waals surface area contributed by atoms with E-state index in [-0.39, 0.29) is 17.1 Å². The van der Waals surface area contributed by atoms with Gasteiger partial charge in [0.25, 0.3) is 11.8 Å². The lowest BCUT2D eigenvalue weighted by Gasteiger charge is -2.10. The fourth-order valence-corrected chi connectivity index (χ4v) is 2.68. The number of hydrogen-bond acceptors (Lipinski definition) is 4. The number of aromatic nitrogens is 2. The first-order valence-electron chi connectivity index (χ1n) is 7.94. The lowest BCUT2D eigenvalue weighted by Crippen LogP contribution is -2.20. The van der Waals surface area contributed by atoms with Crippen LogP contribution in [0.3, 0.4) is 0 Å². The van der Waals surface area contributed by atoms with E-state index in [2.05, 4.69) is 10.4 Å². The fourth-order valence-electron chi connectivity index (χ4n) is 2.55. The average molecular weight is 383 g/mol. The topological polar surface area (TPSA) is 107 Å². The molecule has 2 amide bonds. The Labute approximate surface area is 159 Å². The highest BCUT2D eigenvalue weighted by atomic mass is 35.5. The maximum Gasteiger partial charge on any atom is 0.256 e. The molecule has 0 bridgehead atoms. The van der Waals surface area contributed by atoms with E-state index >= 15 is 0 Å². The molecule has 0 saturated heterocycles. The minimum absolute atomic E-state index is 0.0175. The quantitative estimate of drug-likeness (QED) is 0.661. The Morgan fingerprint density at radius 1 is 1.04 bits per heavy atom. The van der Waals surface area contributed by atoms with Gasteiger partial charge >= 0.3 is 0 Å². The summed E-state index contributed by atoms with van der Waals surface area (Å²) in [4.78, 5) is 36.6. The van der Waals surface area contributed by atoms with Gasteiger partial charge in [-0.2, -0.15) is 5.10 Å². The molecule has 0 atom stereocenters. The second-order valence-corrected chi connectivity index (χ2v) is 6.14. The van der Waals surface area contributed by atoms with E-state index in [0.29, 0.717) is 16.3 Å². The zero-order valence-electron chi connectivity index (χ0n) is 14.3. The molecule has 3 aromatic rings. The van der Waals surface area contributed by atoms with Crippen LogP contribution in [-0.2, 0) is 0 Å². The van der Waals surface area contributed by atoms with Gasteiger partial charge in [-0.25, -0.2) is 4.68 Å². The third-order valence-electron chi connectivity index (χ3n) is 3.80. The summed E-state index contributed by atoms with van der Waals surface area (Å²) < 4.78 is 1.29. The minimum atomic E-state index is -0.872. The molecule has 0 radical (unpaired) electrons. The van der Waals surface area contributed by atoms with Crippen LogP contribution >= 0.6 is 11.6 Å². The lowest BCUT2D eigenvalue weighted by molar-refractivity contribution is 0.0971. The van der Waals surface area contributed by atoms with Gasteiger partial charge in [0, 0.05) is 17.5 Å². The van der Waals surface area contributed by atoms with Crippen LogP contribution in [0.5, 0.6) is 0 Å². The van der Waals surface area contributed by atoms with Gasteiger partial charge in [0.15, 0.2) is 5.78 Å². The summed E-state index contributed by atoms with van der Waals surface area (Å²) in [7, 11) is 0. The van der Waals surface area contributed by atoms with E-state index in [4.69, 9.17) is 17.3 Å². The summed E-state index contributed by atoms with van der Waals surface area (Å²) in [6, 6.07) is 15.0. The molecule has 0 aliphatic heterocycles. The van der Waals surface area contributed by atoms with Crippen molar-refractivity contribution in [2.75, 3.05) is 5.32 Å². The molecule has 136 valence electrons. The van der Waals surface area contributed by atoms with Gasteiger partial charge in [-0.05, 0) is 36.4 Å². The van der Waals surface area contributed by atoms with Gasteiger partial charge in [-0.3, -0.25) is 14.4 Å². The van der Waals surface area contributed by atoms with E-state index in [1.807, 2.05) is 0 Å². The molecule has 8 heteroatoms. The van der Waals surface area contributed by atoms with Crippen LogP contribution in [0, 0.1) is 0 Å². The van der Waals surface area contributed by atoms with Crippen LogP contribution in [0.1, 0.15) is 38.1 Å². The zero-order valence-corrected chi connectivity index (χ0v) is 15.0. The predicted molar refractivity (Wildman–Crippen MR) is 101 cm³/mol. The molecule has 3 N–H and O–H groups in total. The van der Waals surface area contributed by atoms with Crippen molar-refractivity contribution in [1.82, 2.24) is 9.78 Å². The number of nitrogens with one attached hydrogen (secondary N) is 1. The molecule has 2 aromatic carbocycles. The maximum absolute atomic E-state index is 12.6. The number of Topliss-reactive ketones (excluding diaryl/α,β-unsaturated/α-hetero) is 1. The third kappa shape index (κ3) is 3.73. The number of nitrogens with two attached hydrogens (primary N) is 1. The number of ketones is 1. The van der Waals surface area contributed by atoms with Crippen LogP contribution < -0.4 is 11.1 Å². The lowest BCUT2D eigenvalue weighted by atomic mass is 10.1. The molecule has 0 spiro atoms. The van der Waals surface area contributed by atoms with Crippen LogP contribution in [0.15, 0.2) is 54.6 Å². The van der Waals surface area contributed by atoms with Crippen molar-refractivity contribution in [2.24, 2.45) is 5.73 Å². The normalized spacial score (nSPS) is 10.4. The molecule has 1 aromatic heterocycles. The smallest absolute Gasteiger partial charge is 0.256 e. The zero-order chi connectivity index (χ0) is 19.6. The number of hydrogen-bond donors (Lipinski definition) is 2. The number of anilines is 1. The number of halogens is 1. The Balaban J connectivity index is 2.16. The first-order chi connectivity index (χ1) is 12.9. The van der Waals surface area contributed by atoms with Crippen LogP contribution in [0.2, 0.25) is 5.02 Å². The number of primary amides is 1. The van der Waals surface area contributed by atoms with Crippen molar-refractivity contribution < 1.29 is 14.4 Å². The molecular formula is C19H15ClN4O3.